The first-order chi connectivity index (χ1) is 43.7. The Kier molecular flexibility index (Phi) is 35.9. The molecular formula is C72H57Br8F6I4N3. The Balaban J connectivity index is 0.000000269. The van der Waals surface area contributed by atoms with E-state index < -0.39 is 27.5 Å². The Labute approximate surface area is 664 Å². The number of rotatable bonds is 14. The van der Waals surface area contributed by atoms with Gasteiger partial charge in [0.15, 0.2) is 0 Å². The van der Waals surface area contributed by atoms with E-state index in [0.29, 0.717) is 30.4 Å². The molecule has 0 spiro atoms. The number of alkyl halides is 8. The van der Waals surface area contributed by atoms with Crippen LogP contribution < -0.4 is 0 Å². The molecule has 0 N–H and O–H groups in total. The quantitative estimate of drug-likeness (QED) is 0.0619. The van der Waals surface area contributed by atoms with E-state index in [1.165, 1.54) is 46.5 Å². The zero-order chi connectivity index (χ0) is 69.3. The summed E-state index contributed by atoms with van der Waals surface area (Å²) in [5.41, 5.74) is 7.27. The summed E-state index contributed by atoms with van der Waals surface area (Å²) in [5, 5.41) is 29.9. The third kappa shape index (κ3) is 28.9. The molecule has 0 aromatic heterocycles. The van der Waals surface area contributed by atoms with Gasteiger partial charge < -0.3 is 0 Å². The monoisotopic (exact) mass is 2220 g/mol. The second-order valence-corrected chi connectivity index (χ2v) is 32.9. The van der Waals surface area contributed by atoms with Crippen LogP contribution in [0.25, 0.3) is 0 Å². The Morgan fingerprint density at radius 1 is 0.376 bits per heavy atom. The summed E-state index contributed by atoms with van der Waals surface area (Å²) in [6.07, 6.45) is 2.34. The molecule has 0 atom stereocenters. The van der Waals surface area contributed by atoms with Crippen molar-refractivity contribution < 1.29 is 26.3 Å². The fourth-order valence-electron chi connectivity index (χ4n) is 8.99. The minimum atomic E-state index is -3.00. The third-order valence-corrected chi connectivity index (χ3v) is 24.7. The van der Waals surface area contributed by atoms with Crippen LogP contribution >= 0.6 is 218 Å². The summed E-state index contributed by atoms with van der Waals surface area (Å²) >= 11 is 35.2. The van der Waals surface area contributed by atoms with E-state index in [0.717, 1.165) is 62.9 Å². The summed E-state index contributed by atoms with van der Waals surface area (Å²) in [7, 11) is 0. The first kappa shape index (κ1) is 83.2. The predicted molar refractivity (Wildman–Crippen MR) is 430 cm³/mol. The van der Waals surface area contributed by atoms with Gasteiger partial charge in [-0.25, -0.2) is 17.6 Å². The smallest absolute Gasteiger partial charge is 0.202 e. The molecule has 93 heavy (non-hydrogen) atoms. The van der Waals surface area contributed by atoms with E-state index in [1.54, 1.807) is 24.3 Å². The van der Waals surface area contributed by atoms with Crippen LogP contribution in [0.15, 0.2) is 227 Å². The van der Waals surface area contributed by atoms with Gasteiger partial charge in [0, 0.05) is 78.3 Å². The Morgan fingerprint density at radius 2 is 0.656 bits per heavy atom. The van der Waals surface area contributed by atoms with Crippen molar-refractivity contribution in [2.24, 2.45) is 0 Å². The molecule has 21 heteroatoms. The van der Waals surface area contributed by atoms with Gasteiger partial charge in [-0.3, -0.25) is 0 Å². The van der Waals surface area contributed by atoms with Crippen molar-refractivity contribution in [2.75, 3.05) is 0 Å². The summed E-state index contributed by atoms with van der Waals surface area (Å²) in [4.78, 5) is -2.69. The number of hydrogen-bond acceptors (Lipinski definition) is 3. The van der Waals surface area contributed by atoms with Crippen LogP contribution in [0.1, 0.15) is 82.0 Å². The standard InChI is InChI=1S/C26H21Br2F4N.C22H15Br2I2N.C8H7N.C7H5Br2I.C7H6BrI.C2H3BrF2/c1-24(29,30)20-10-8-17(12-22(20)27)14-26(16-33,19-6-4-3-5-7-19)15-18-9-11-21(23(28)13-18)25(2,31)32;23-18-10-15(6-8-20(18)25)12-22(14-27,17-4-2-1-3-5-17)13-16-7-9-21(26)19(24)11-16;9-7-6-8-4-2-1-3-5-8;8-4-5-1-2-7(10)6(9)3-5;1-5-2-3-7(9)6(8)4-5;1-2(3,4)5/h3-13H,14-15H2,1-2H3;1-11H,12-13H2;1-5H,6H2;1-3H,4H2;2-4H,1H3;1H3. The predicted octanol–water partition coefficient (Wildman–Crippen LogP) is 27.4. The largest absolute Gasteiger partial charge is 0.298 e. The van der Waals surface area contributed by atoms with Crippen LogP contribution in [0.4, 0.5) is 26.3 Å². The molecule has 0 saturated heterocycles. The van der Waals surface area contributed by atoms with Crippen molar-refractivity contribution in [3.05, 3.63) is 303 Å². The lowest BCUT2D eigenvalue weighted by molar-refractivity contribution is 0.0160. The molecule has 486 valence electrons. The molecular weight excluding hydrogens is 2170 g/mol. The lowest BCUT2D eigenvalue weighted by atomic mass is 9.72. The van der Waals surface area contributed by atoms with Gasteiger partial charge in [-0.2, -0.15) is 24.6 Å². The lowest BCUT2D eigenvalue weighted by Crippen LogP contribution is -2.30. The van der Waals surface area contributed by atoms with Gasteiger partial charge >= 0.3 is 0 Å². The molecule has 0 unspecified atom stereocenters. The van der Waals surface area contributed by atoms with E-state index in [4.69, 9.17) is 5.26 Å². The van der Waals surface area contributed by atoms with E-state index in [9.17, 15) is 36.9 Å². The Morgan fingerprint density at radius 3 is 0.925 bits per heavy atom. The highest BCUT2D eigenvalue weighted by Gasteiger charge is 2.36. The molecule has 9 rings (SSSR count). The summed E-state index contributed by atoms with van der Waals surface area (Å²) in [6.45, 7) is 4.52. The molecule has 0 heterocycles. The number of benzene rings is 9. The third-order valence-electron chi connectivity index (χ3n) is 13.4. The van der Waals surface area contributed by atoms with Gasteiger partial charge in [0.2, 0.25) is 0 Å². The minimum Gasteiger partial charge on any atom is -0.202 e. The second kappa shape index (κ2) is 40.1. The van der Waals surface area contributed by atoms with Crippen LogP contribution in [0.2, 0.25) is 0 Å². The molecule has 0 aliphatic carbocycles. The molecule has 0 fully saturated rings. The molecule has 0 aliphatic heterocycles. The Hall–Kier alpha value is -2.21. The van der Waals surface area contributed by atoms with Gasteiger partial charge in [-0.1, -0.05) is 187 Å². The molecule has 9 aromatic carbocycles. The summed E-state index contributed by atoms with van der Waals surface area (Å²) in [6, 6.07) is 70.7. The molecule has 0 aliphatic rings. The Bertz CT molecular complexity index is 3880. The van der Waals surface area contributed by atoms with Crippen LogP contribution in [-0.2, 0) is 60.1 Å². The number of nitrogens with zero attached hydrogens (tertiary/aromatic N) is 3. The van der Waals surface area contributed by atoms with Crippen molar-refractivity contribution in [3.63, 3.8) is 0 Å². The summed E-state index contributed by atoms with van der Waals surface area (Å²) in [5.74, 6) is -6.00. The molecule has 0 bridgehead atoms. The maximum atomic E-state index is 13.8. The normalized spacial score (nSPS) is 11.1. The maximum Gasteiger partial charge on any atom is 0.298 e. The molecule has 0 amide bonds. The van der Waals surface area contributed by atoms with Gasteiger partial charge in [-0.15, -0.1) is 0 Å². The highest BCUT2D eigenvalue weighted by molar-refractivity contribution is 14.1. The zero-order valence-electron chi connectivity index (χ0n) is 49.9. The lowest BCUT2D eigenvalue weighted by Gasteiger charge is -2.28. The van der Waals surface area contributed by atoms with Crippen molar-refractivity contribution >= 4 is 218 Å². The number of hydrogen-bond donors (Lipinski definition) is 0. The molecule has 9 aromatic rings. The number of nitriles is 3. The van der Waals surface area contributed by atoms with Gasteiger partial charge in [0.05, 0.1) is 35.5 Å². The second-order valence-electron chi connectivity index (χ2n) is 21.1. The van der Waals surface area contributed by atoms with Crippen molar-refractivity contribution in [3.8, 4) is 18.2 Å². The van der Waals surface area contributed by atoms with Crippen molar-refractivity contribution in [1.29, 1.82) is 15.8 Å². The van der Waals surface area contributed by atoms with Crippen LogP contribution in [0.3, 0.4) is 0 Å². The average Bonchev–Trinajstić information content (AvgIpc) is 0.807. The van der Waals surface area contributed by atoms with Crippen molar-refractivity contribution in [2.45, 2.75) is 92.6 Å². The summed E-state index contributed by atoms with van der Waals surface area (Å²) < 4.78 is 87.0. The topological polar surface area (TPSA) is 71.4 Å². The van der Waals surface area contributed by atoms with E-state index in [1.807, 2.05) is 94.8 Å². The van der Waals surface area contributed by atoms with Gasteiger partial charge in [0.25, 0.3) is 16.7 Å². The van der Waals surface area contributed by atoms with E-state index in [-0.39, 0.29) is 32.9 Å². The first-order valence-corrected chi connectivity index (χ1v) is 38.7. The first-order valence-electron chi connectivity index (χ1n) is 27.7. The average molecular weight is 2230 g/mol. The number of halogens is 18. The zero-order valence-corrected chi connectivity index (χ0v) is 71.3. The minimum absolute atomic E-state index is 0.131. The molecule has 0 saturated carbocycles. The highest BCUT2D eigenvalue weighted by atomic mass is 127. The maximum absolute atomic E-state index is 13.8. The van der Waals surface area contributed by atoms with Crippen molar-refractivity contribution in [1.82, 2.24) is 0 Å². The molecule has 3 nitrogen and oxygen atoms in total. The van der Waals surface area contributed by atoms with Crippen LogP contribution in [-0.4, -0.2) is 4.83 Å². The van der Waals surface area contributed by atoms with Gasteiger partial charge in [-0.05, 0) is 313 Å². The van der Waals surface area contributed by atoms with E-state index in [2.05, 4.69) is 312 Å². The fraction of sp³-hybridized carbons (Fsp3) is 0.208. The SMILES string of the molecule is BrCc1ccc(I)c(Br)c1.CC(F)(F)Br.CC(F)(F)c1ccc(CC(C#N)(Cc2ccc(C(C)(F)F)c(Br)c2)c2ccccc2)cc1Br.Cc1ccc(I)c(Br)c1.N#CC(Cc1ccc(I)c(Br)c1)(Cc1ccc(I)c(Br)c1)c1ccccc1.N#CCc1ccccc1. The van der Waals surface area contributed by atoms with Crippen LogP contribution in [0, 0.1) is 55.2 Å². The van der Waals surface area contributed by atoms with Gasteiger partial charge in [0.1, 0.15) is 0 Å². The fourth-order valence-corrected chi connectivity index (χ4v) is 14.0. The van der Waals surface area contributed by atoms with E-state index >= 15 is 0 Å². The highest BCUT2D eigenvalue weighted by Crippen LogP contribution is 2.40. The van der Waals surface area contributed by atoms with Crippen LogP contribution in [0.5, 0.6) is 0 Å². The number of aryl methyl sites for hydroxylation is 1. The molecule has 0 radical (unpaired) electrons.